The van der Waals surface area contributed by atoms with Gasteiger partial charge in [-0.1, -0.05) is 37.3 Å². The standard InChI is InChI=1S/C26H30N4O5S/c1-17-7-10-20(15-17)28-26(33)29-36(34,35)21-11-8-18(9-12-21)13-14-27-24(31)22-16-19-5-3-4-6-23(19)30(2)25(22)32/h3-6,8-9,11-12,16-17,20H,7,10,13-15H2,1-2H3,(H,27,31)(H2,28,29,33). The van der Waals surface area contributed by atoms with Crippen LogP contribution >= 0.6 is 0 Å². The Balaban J connectivity index is 1.32. The van der Waals surface area contributed by atoms with Gasteiger partial charge in [0, 0.05) is 19.6 Å². The quantitative estimate of drug-likeness (QED) is 0.451. The number of fused-ring (bicyclic) bond motifs is 1. The fourth-order valence-corrected chi connectivity index (χ4v) is 5.49. The predicted octanol–water partition coefficient (Wildman–Crippen LogP) is 2.69. The SMILES string of the molecule is CC1CCC(NC(=O)NS(=O)(=O)c2ccc(CCNC(=O)c3cc4ccccc4n(C)c3=O)cc2)C1. The molecule has 1 fully saturated rings. The van der Waals surface area contributed by atoms with E-state index in [2.05, 4.69) is 22.3 Å². The molecular formula is C26H30N4O5S. The molecular weight excluding hydrogens is 480 g/mol. The molecule has 3 aromatic rings. The van der Waals surface area contributed by atoms with Crippen molar-refractivity contribution in [2.75, 3.05) is 6.54 Å². The van der Waals surface area contributed by atoms with E-state index in [0.29, 0.717) is 12.3 Å². The highest BCUT2D eigenvalue weighted by Crippen LogP contribution is 2.24. The first kappa shape index (κ1) is 25.4. The maximum Gasteiger partial charge on any atom is 0.328 e. The van der Waals surface area contributed by atoms with Gasteiger partial charge in [-0.25, -0.2) is 17.9 Å². The minimum absolute atomic E-state index is 0.0115. The average molecular weight is 511 g/mol. The second-order valence-electron chi connectivity index (χ2n) is 9.32. The monoisotopic (exact) mass is 510 g/mol. The molecule has 0 bridgehead atoms. The average Bonchev–Trinajstić information content (AvgIpc) is 3.25. The smallest absolute Gasteiger partial charge is 0.328 e. The Morgan fingerprint density at radius 2 is 1.78 bits per heavy atom. The summed E-state index contributed by atoms with van der Waals surface area (Å²) in [7, 11) is -2.37. The van der Waals surface area contributed by atoms with Gasteiger partial charge in [0.05, 0.1) is 10.4 Å². The Kier molecular flexibility index (Phi) is 7.44. The minimum atomic E-state index is -4.00. The highest BCUT2D eigenvalue weighted by atomic mass is 32.2. The van der Waals surface area contributed by atoms with Crippen LogP contribution in [0, 0.1) is 5.92 Å². The number of carbonyl (C=O) groups is 2. The number of aromatic nitrogens is 1. The molecule has 0 aliphatic heterocycles. The fourth-order valence-electron chi connectivity index (χ4n) is 4.57. The number of amides is 3. The molecule has 2 atom stereocenters. The Bertz CT molecular complexity index is 1450. The van der Waals surface area contributed by atoms with E-state index >= 15 is 0 Å². The van der Waals surface area contributed by atoms with E-state index in [1.807, 2.05) is 24.3 Å². The number of nitrogens with zero attached hydrogens (tertiary/aromatic N) is 1. The van der Waals surface area contributed by atoms with Gasteiger partial charge in [0.2, 0.25) is 0 Å². The molecule has 1 aliphatic rings. The van der Waals surface area contributed by atoms with Gasteiger partial charge in [-0.3, -0.25) is 9.59 Å². The van der Waals surface area contributed by atoms with Crippen LogP contribution in [0.2, 0.25) is 0 Å². The summed E-state index contributed by atoms with van der Waals surface area (Å²) in [4.78, 5) is 37.3. The normalized spacial score (nSPS) is 17.6. The number of para-hydroxylation sites is 1. The van der Waals surface area contributed by atoms with Gasteiger partial charge < -0.3 is 15.2 Å². The van der Waals surface area contributed by atoms with Crippen LogP contribution in [0.25, 0.3) is 10.9 Å². The zero-order valence-electron chi connectivity index (χ0n) is 20.3. The topological polar surface area (TPSA) is 126 Å². The number of sulfonamides is 1. The molecule has 2 unspecified atom stereocenters. The lowest BCUT2D eigenvalue weighted by molar-refractivity contribution is 0.0952. The first-order chi connectivity index (χ1) is 17.1. The number of aryl methyl sites for hydroxylation is 1. The van der Waals surface area contributed by atoms with Crippen molar-refractivity contribution in [3.8, 4) is 0 Å². The van der Waals surface area contributed by atoms with Crippen molar-refractivity contribution in [1.82, 2.24) is 19.9 Å². The van der Waals surface area contributed by atoms with E-state index in [9.17, 15) is 22.8 Å². The zero-order chi connectivity index (χ0) is 25.9. The van der Waals surface area contributed by atoms with Gasteiger partial charge in [-0.05, 0) is 66.8 Å². The van der Waals surface area contributed by atoms with Crippen LogP contribution in [0.4, 0.5) is 4.79 Å². The molecule has 1 aromatic heterocycles. The second-order valence-corrected chi connectivity index (χ2v) is 11.0. The van der Waals surface area contributed by atoms with E-state index < -0.39 is 22.0 Å². The van der Waals surface area contributed by atoms with Crippen LogP contribution in [0.15, 0.2) is 64.3 Å². The molecule has 0 saturated heterocycles. The third kappa shape index (κ3) is 5.76. The number of pyridine rings is 1. The molecule has 0 spiro atoms. The number of hydrogen-bond acceptors (Lipinski definition) is 5. The minimum Gasteiger partial charge on any atom is -0.352 e. The molecule has 2 aromatic carbocycles. The third-order valence-corrected chi connectivity index (χ3v) is 7.91. The second kappa shape index (κ2) is 10.5. The fraction of sp³-hybridized carbons (Fsp3) is 0.346. The van der Waals surface area contributed by atoms with Gasteiger partial charge in [-0.2, -0.15) is 0 Å². The molecule has 36 heavy (non-hydrogen) atoms. The van der Waals surface area contributed by atoms with Gasteiger partial charge in [0.25, 0.3) is 21.5 Å². The van der Waals surface area contributed by atoms with Crippen molar-refractivity contribution in [2.24, 2.45) is 13.0 Å². The van der Waals surface area contributed by atoms with Crippen molar-refractivity contribution in [3.63, 3.8) is 0 Å². The largest absolute Gasteiger partial charge is 0.352 e. The van der Waals surface area contributed by atoms with Crippen molar-refractivity contribution in [1.29, 1.82) is 0 Å². The van der Waals surface area contributed by atoms with Crippen LogP contribution in [0.5, 0.6) is 0 Å². The summed E-state index contributed by atoms with van der Waals surface area (Å²) in [5.41, 5.74) is 1.23. The molecule has 1 aliphatic carbocycles. The third-order valence-electron chi connectivity index (χ3n) is 6.57. The number of nitrogens with one attached hydrogen (secondary N) is 3. The van der Waals surface area contributed by atoms with Crippen LogP contribution in [-0.4, -0.2) is 37.5 Å². The van der Waals surface area contributed by atoms with E-state index in [0.717, 1.165) is 35.7 Å². The molecule has 1 saturated carbocycles. The van der Waals surface area contributed by atoms with E-state index in [-0.39, 0.29) is 28.6 Å². The Morgan fingerprint density at radius 3 is 2.47 bits per heavy atom. The molecule has 3 N–H and O–H groups in total. The summed E-state index contributed by atoms with van der Waals surface area (Å²) in [5.74, 6) is 0.0505. The Labute approximate surface area is 210 Å². The van der Waals surface area contributed by atoms with Crippen molar-refractivity contribution in [3.05, 3.63) is 76.1 Å². The predicted molar refractivity (Wildman–Crippen MR) is 137 cm³/mol. The summed E-state index contributed by atoms with van der Waals surface area (Å²) in [6.07, 6.45) is 3.13. The molecule has 1 heterocycles. The van der Waals surface area contributed by atoms with Crippen LogP contribution in [-0.2, 0) is 23.5 Å². The molecule has 0 radical (unpaired) electrons. The highest BCUT2D eigenvalue weighted by Gasteiger charge is 2.25. The van der Waals surface area contributed by atoms with Crippen LogP contribution < -0.4 is 20.9 Å². The summed E-state index contributed by atoms with van der Waals surface area (Å²) in [5, 5.41) is 6.27. The molecule has 4 rings (SSSR count). The Morgan fingerprint density at radius 1 is 1.06 bits per heavy atom. The highest BCUT2D eigenvalue weighted by molar-refractivity contribution is 7.90. The molecule has 190 valence electrons. The van der Waals surface area contributed by atoms with E-state index in [1.54, 1.807) is 25.2 Å². The summed E-state index contributed by atoms with van der Waals surface area (Å²) in [6, 6.07) is 14.3. The Hall–Kier alpha value is -3.66. The number of hydrogen-bond donors (Lipinski definition) is 3. The van der Waals surface area contributed by atoms with Crippen molar-refractivity contribution < 1.29 is 18.0 Å². The summed E-state index contributed by atoms with van der Waals surface area (Å²) >= 11 is 0. The number of rotatable bonds is 7. The number of carbonyl (C=O) groups excluding carboxylic acids is 2. The van der Waals surface area contributed by atoms with E-state index in [4.69, 9.17) is 0 Å². The van der Waals surface area contributed by atoms with Crippen LogP contribution in [0.1, 0.15) is 42.1 Å². The zero-order valence-corrected chi connectivity index (χ0v) is 21.1. The molecule has 10 heteroatoms. The molecule has 3 amide bonds. The van der Waals surface area contributed by atoms with Gasteiger partial charge in [0.15, 0.2) is 0 Å². The lowest BCUT2D eigenvalue weighted by Gasteiger charge is -2.14. The summed E-state index contributed by atoms with van der Waals surface area (Å²) in [6.45, 7) is 2.37. The lowest BCUT2D eigenvalue weighted by atomic mass is 10.1. The number of urea groups is 1. The van der Waals surface area contributed by atoms with E-state index in [1.165, 1.54) is 16.7 Å². The van der Waals surface area contributed by atoms with Crippen molar-refractivity contribution in [2.45, 2.75) is 43.5 Å². The number of benzene rings is 2. The molecule has 9 nitrogen and oxygen atoms in total. The van der Waals surface area contributed by atoms with Gasteiger partial charge >= 0.3 is 6.03 Å². The first-order valence-electron chi connectivity index (χ1n) is 11.9. The van der Waals surface area contributed by atoms with Crippen molar-refractivity contribution >= 4 is 32.9 Å². The summed E-state index contributed by atoms with van der Waals surface area (Å²) < 4.78 is 28.6. The maximum atomic E-state index is 12.6. The van der Waals surface area contributed by atoms with Crippen LogP contribution in [0.3, 0.4) is 0 Å². The van der Waals surface area contributed by atoms with Gasteiger partial charge in [-0.15, -0.1) is 0 Å². The lowest BCUT2D eigenvalue weighted by Crippen LogP contribution is -2.43. The van der Waals surface area contributed by atoms with Gasteiger partial charge in [0.1, 0.15) is 5.56 Å². The maximum absolute atomic E-state index is 12.6. The first-order valence-corrected chi connectivity index (χ1v) is 13.4.